The van der Waals surface area contributed by atoms with Crippen molar-refractivity contribution in [2.45, 2.75) is 19.9 Å². The molecule has 4 rings (SSSR count). The molecular formula is C23H27N3OS. The standard InChI is InChI=1S/C23H27N3OS/c1-18-7-5-8-19(15-18)23-24-20(17-28-23)16-25-11-6-12-26(14-13-25)21-9-3-4-10-22(21)27-2/h3-5,7-10,15,17H,6,11-14,16H2,1-2H3. The first-order chi connectivity index (χ1) is 13.7. The first-order valence-electron chi connectivity index (χ1n) is 9.85. The summed E-state index contributed by atoms with van der Waals surface area (Å²) >= 11 is 1.74. The van der Waals surface area contributed by atoms with Crippen molar-refractivity contribution in [2.24, 2.45) is 0 Å². The van der Waals surface area contributed by atoms with E-state index in [0.29, 0.717) is 0 Å². The molecule has 0 aliphatic carbocycles. The third-order valence-corrected chi connectivity index (χ3v) is 6.16. The minimum atomic E-state index is 0.919. The molecule has 1 aliphatic rings. The summed E-state index contributed by atoms with van der Waals surface area (Å²) in [6.07, 6.45) is 1.15. The van der Waals surface area contributed by atoms with Crippen molar-refractivity contribution in [1.82, 2.24) is 9.88 Å². The second kappa shape index (κ2) is 8.76. The molecule has 2 heterocycles. The van der Waals surface area contributed by atoms with Gasteiger partial charge < -0.3 is 9.64 Å². The Kier molecular flexibility index (Phi) is 5.93. The van der Waals surface area contributed by atoms with Crippen molar-refractivity contribution >= 4 is 17.0 Å². The minimum Gasteiger partial charge on any atom is -0.495 e. The molecule has 1 saturated heterocycles. The van der Waals surface area contributed by atoms with Crippen LogP contribution in [0.15, 0.2) is 53.9 Å². The molecular weight excluding hydrogens is 366 g/mol. The van der Waals surface area contributed by atoms with Gasteiger partial charge in [0.25, 0.3) is 0 Å². The van der Waals surface area contributed by atoms with Crippen LogP contribution in [0.25, 0.3) is 10.6 Å². The van der Waals surface area contributed by atoms with Gasteiger partial charge in [0.05, 0.1) is 18.5 Å². The van der Waals surface area contributed by atoms with E-state index in [1.54, 1.807) is 18.4 Å². The SMILES string of the molecule is COc1ccccc1N1CCCN(Cc2csc(-c3cccc(C)c3)n2)CC1. The van der Waals surface area contributed by atoms with Crippen LogP contribution in [0.1, 0.15) is 17.7 Å². The molecule has 3 aromatic rings. The number of benzene rings is 2. The fourth-order valence-electron chi connectivity index (χ4n) is 3.78. The van der Waals surface area contributed by atoms with Crippen LogP contribution < -0.4 is 9.64 Å². The highest BCUT2D eigenvalue weighted by molar-refractivity contribution is 7.13. The van der Waals surface area contributed by atoms with Crippen molar-refractivity contribution in [1.29, 1.82) is 0 Å². The normalized spacial score (nSPS) is 15.4. The molecule has 1 fully saturated rings. The molecule has 5 heteroatoms. The van der Waals surface area contributed by atoms with E-state index in [9.17, 15) is 0 Å². The van der Waals surface area contributed by atoms with Gasteiger partial charge in [0, 0.05) is 43.7 Å². The number of hydrogen-bond acceptors (Lipinski definition) is 5. The number of aryl methyl sites for hydroxylation is 1. The number of nitrogens with zero attached hydrogens (tertiary/aromatic N) is 3. The van der Waals surface area contributed by atoms with Crippen LogP contribution in [0.5, 0.6) is 5.75 Å². The summed E-state index contributed by atoms with van der Waals surface area (Å²) in [5, 5.41) is 3.32. The van der Waals surface area contributed by atoms with Crippen molar-refractivity contribution in [3.05, 3.63) is 65.2 Å². The van der Waals surface area contributed by atoms with E-state index < -0.39 is 0 Å². The zero-order chi connectivity index (χ0) is 19.3. The highest BCUT2D eigenvalue weighted by atomic mass is 32.1. The van der Waals surface area contributed by atoms with Crippen LogP contribution >= 0.6 is 11.3 Å². The number of thiazole rings is 1. The van der Waals surface area contributed by atoms with E-state index in [2.05, 4.69) is 58.5 Å². The summed E-state index contributed by atoms with van der Waals surface area (Å²) in [7, 11) is 1.75. The van der Waals surface area contributed by atoms with Gasteiger partial charge in [0.15, 0.2) is 0 Å². The fraction of sp³-hybridized carbons (Fsp3) is 0.348. The number of aromatic nitrogens is 1. The number of methoxy groups -OCH3 is 1. The molecule has 146 valence electrons. The number of hydrogen-bond donors (Lipinski definition) is 0. The van der Waals surface area contributed by atoms with Gasteiger partial charge in [0.1, 0.15) is 10.8 Å². The second-order valence-electron chi connectivity index (χ2n) is 7.30. The lowest BCUT2D eigenvalue weighted by Gasteiger charge is -2.25. The monoisotopic (exact) mass is 393 g/mol. The molecule has 1 aromatic heterocycles. The predicted octanol–water partition coefficient (Wildman–Crippen LogP) is 4.84. The zero-order valence-corrected chi connectivity index (χ0v) is 17.4. The fourth-order valence-corrected chi connectivity index (χ4v) is 4.59. The lowest BCUT2D eigenvalue weighted by molar-refractivity contribution is 0.282. The van der Waals surface area contributed by atoms with Gasteiger partial charge in [-0.2, -0.15) is 0 Å². The Labute approximate surface area is 171 Å². The third kappa shape index (κ3) is 4.37. The summed E-state index contributed by atoms with van der Waals surface area (Å²) < 4.78 is 5.55. The number of rotatable bonds is 5. The van der Waals surface area contributed by atoms with Crippen LogP contribution in [0.3, 0.4) is 0 Å². The quantitative estimate of drug-likeness (QED) is 0.620. The largest absolute Gasteiger partial charge is 0.495 e. The van der Waals surface area contributed by atoms with Crippen molar-refractivity contribution in [2.75, 3.05) is 38.2 Å². The van der Waals surface area contributed by atoms with E-state index in [1.165, 1.54) is 22.5 Å². The Morgan fingerprint density at radius 3 is 2.79 bits per heavy atom. The number of anilines is 1. The summed E-state index contributed by atoms with van der Waals surface area (Å²) in [6, 6.07) is 16.9. The Bertz CT molecular complexity index is 923. The molecule has 0 spiro atoms. The van der Waals surface area contributed by atoms with Gasteiger partial charge in [-0.25, -0.2) is 4.98 Å². The predicted molar refractivity (Wildman–Crippen MR) is 117 cm³/mol. The summed E-state index contributed by atoms with van der Waals surface area (Å²) in [5.41, 5.74) is 4.86. The van der Waals surface area contributed by atoms with Crippen LogP contribution in [-0.4, -0.2) is 43.2 Å². The maximum absolute atomic E-state index is 5.55. The van der Waals surface area contributed by atoms with E-state index in [-0.39, 0.29) is 0 Å². The Balaban J connectivity index is 1.40. The van der Waals surface area contributed by atoms with Crippen LogP contribution in [0.4, 0.5) is 5.69 Å². The molecule has 0 bridgehead atoms. The van der Waals surface area contributed by atoms with Crippen molar-refractivity contribution in [3.8, 4) is 16.3 Å². The molecule has 0 N–H and O–H groups in total. The van der Waals surface area contributed by atoms with Crippen LogP contribution in [0.2, 0.25) is 0 Å². The zero-order valence-electron chi connectivity index (χ0n) is 16.6. The van der Waals surface area contributed by atoms with Gasteiger partial charge in [-0.15, -0.1) is 11.3 Å². The lowest BCUT2D eigenvalue weighted by atomic mass is 10.1. The molecule has 0 radical (unpaired) electrons. The van der Waals surface area contributed by atoms with Crippen molar-refractivity contribution in [3.63, 3.8) is 0 Å². The molecule has 28 heavy (non-hydrogen) atoms. The summed E-state index contributed by atoms with van der Waals surface area (Å²) in [4.78, 5) is 9.85. The third-order valence-electron chi connectivity index (χ3n) is 5.22. The topological polar surface area (TPSA) is 28.6 Å². The number of para-hydroxylation sites is 2. The van der Waals surface area contributed by atoms with Gasteiger partial charge in [-0.05, 0) is 31.5 Å². The molecule has 0 saturated carbocycles. The first-order valence-corrected chi connectivity index (χ1v) is 10.7. The van der Waals surface area contributed by atoms with Crippen LogP contribution in [0, 0.1) is 6.92 Å². The van der Waals surface area contributed by atoms with E-state index in [4.69, 9.17) is 9.72 Å². The molecule has 0 unspecified atom stereocenters. The summed E-state index contributed by atoms with van der Waals surface area (Å²) in [6.45, 7) is 7.25. The Morgan fingerprint density at radius 2 is 1.93 bits per heavy atom. The maximum atomic E-state index is 5.55. The highest BCUT2D eigenvalue weighted by Crippen LogP contribution is 2.29. The Morgan fingerprint density at radius 1 is 1.04 bits per heavy atom. The van der Waals surface area contributed by atoms with Crippen molar-refractivity contribution < 1.29 is 4.74 Å². The summed E-state index contributed by atoms with van der Waals surface area (Å²) in [5.74, 6) is 0.957. The van der Waals surface area contributed by atoms with Gasteiger partial charge in [-0.3, -0.25) is 4.90 Å². The van der Waals surface area contributed by atoms with Gasteiger partial charge >= 0.3 is 0 Å². The molecule has 2 aromatic carbocycles. The minimum absolute atomic E-state index is 0.919. The molecule has 0 amide bonds. The average Bonchev–Trinajstić information content (AvgIpc) is 3.06. The average molecular weight is 394 g/mol. The van der Waals surface area contributed by atoms with E-state index in [1.807, 2.05) is 12.1 Å². The van der Waals surface area contributed by atoms with E-state index in [0.717, 1.165) is 49.9 Å². The first kappa shape index (κ1) is 19.0. The molecule has 4 nitrogen and oxygen atoms in total. The van der Waals surface area contributed by atoms with Gasteiger partial charge in [0.2, 0.25) is 0 Å². The maximum Gasteiger partial charge on any atom is 0.142 e. The lowest BCUT2D eigenvalue weighted by Crippen LogP contribution is -2.30. The second-order valence-corrected chi connectivity index (χ2v) is 8.16. The number of ether oxygens (including phenoxy) is 1. The Hall–Kier alpha value is -2.37. The van der Waals surface area contributed by atoms with Crippen LogP contribution in [-0.2, 0) is 6.54 Å². The molecule has 1 aliphatic heterocycles. The molecule has 0 atom stereocenters. The van der Waals surface area contributed by atoms with E-state index >= 15 is 0 Å². The smallest absolute Gasteiger partial charge is 0.142 e. The highest BCUT2D eigenvalue weighted by Gasteiger charge is 2.18. The van der Waals surface area contributed by atoms with Gasteiger partial charge in [-0.1, -0.05) is 35.9 Å².